The summed E-state index contributed by atoms with van der Waals surface area (Å²) in [5.74, 6) is 1.38. The number of benzene rings is 1. The highest BCUT2D eigenvalue weighted by atomic mass is 16.7. The van der Waals surface area contributed by atoms with Crippen LogP contribution in [0.25, 0.3) is 0 Å². The largest absolute Gasteiger partial charge is 0.483 e. The molecule has 1 aliphatic carbocycles. The molecule has 1 aromatic carbocycles. The molecule has 0 bridgehead atoms. The fourth-order valence-corrected chi connectivity index (χ4v) is 4.67. The van der Waals surface area contributed by atoms with Gasteiger partial charge in [-0.2, -0.15) is 0 Å². The van der Waals surface area contributed by atoms with Crippen LogP contribution in [0.5, 0.6) is 11.5 Å². The molecule has 1 fully saturated rings. The number of hydrogen-bond donors (Lipinski definition) is 2. The quantitative estimate of drug-likeness (QED) is 0.779. The van der Waals surface area contributed by atoms with Crippen LogP contribution in [0.2, 0.25) is 0 Å². The first kappa shape index (κ1) is 19.4. The Morgan fingerprint density at radius 1 is 1.15 bits per heavy atom. The highest BCUT2D eigenvalue weighted by Gasteiger charge is 2.58. The molecule has 0 saturated heterocycles. The van der Waals surface area contributed by atoms with Gasteiger partial charge in [-0.1, -0.05) is 13.8 Å². The average Bonchev–Trinajstić information content (AvgIpc) is 2.57. The van der Waals surface area contributed by atoms with E-state index in [0.29, 0.717) is 24.5 Å². The minimum absolute atomic E-state index is 0.0639. The Bertz CT molecular complexity index is 658. The fraction of sp³-hybridized carbons (Fsp3) is 0.700. The summed E-state index contributed by atoms with van der Waals surface area (Å²) in [6.45, 7) is 6.61. The lowest BCUT2D eigenvalue weighted by Crippen LogP contribution is -2.63. The van der Waals surface area contributed by atoms with Gasteiger partial charge in [0.1, 0.15) is 5.60 Å². The van der Waals surface area contributed by atoms with Gasteiger partial charge in [0.2, 0.25) is 0 Å². The molecule has 1 aromatic rings. The van der Waals surface area contributed by atoms with Crippen LogP contribution in [0.1, 0.15) is 38.3 Å². The van der Waals surface area contributed by atoms with Gasteiger partial charge in [-0.15, -0.1) is 0 Å². The topological polar surface area (TPSA) is 77.4 Å². The first-order valence-electron chi connectivity index (χ1n) is 9.04. The van der Waals surface area contributed by atoms with Gasteiger partial charge in [0.05, 0.1) is 18.8 Å². The number of ether oxygens (including phenoxy) is 4. The summed E-state index contributed by atoms with van der Waals surface area (Å²) in [5.41, 5.74) is 0.974. The third-order valence-corrected chi connectivity index (χ3v) is 5.97. The maximum atomic E-state index is 10.5. The van der Waals surface area contributed by atoms with Crippen molar-refractivity contribution in [2.75, 3.05) is 21.0 Å². The monoisotopic (exact) mass is 366 g/mol. The number of rotatable bonds is 5. The normalized spacial score (nSPS) is 32.3. The lowest BCUT2D eigenvalue weighted by molar-refractivity contribution is -0.187. The molecule has 0 spiro atoms. The Labute approximate surface area is 155 Å². The second kappa shape index (κ2) is 7.00. The van der Waals surface area contributed by atoms with Crippen LogP contribution in [0.4, 0.5) is 0 Å². The SMILES string of the molecule is COCOc1cc(COC)cc2c1O[C@]1(C)C[C@@H](O)[C@@H](O)C(C)(C)[C@H]1C2. The summed E-state index contributed by atoms with van der Waals surface area (Å²) >= 11 is 0. The number of fused-ring (bicyclic) bond motifs is 2. The summed E-state index contributed by atoms with van der Waals surface area (Å²) in [6, 6.07) is 3.98. The van der Waals surface area contributed by atoms with E-state index in [2.05, 4.69) is 6.07 Å². The molecule has 0 radical (unpaired) electrons. The molecule has 4 atom stereocenters. The molecule has 2 N–H and O–H groups in total. The van der Waals surface area contributed by atoms with Crippen LogP contribution in [0, 0.1) is 11.3 Å². The van der Waals surface area contributed by atoms with Crippen molar-refractivity contribution in [3.8, 4) is 11.5 Å². The van der Waals surface area contributed by atoms with Crippen molar-refractivity contribution in [3.63, 3.8) is 0 Å². The first-order valence-corrected chi connectivity index (χ1v) is 9.04. The van der Waals surface area contributed by atoms with Crippen molar-refractivity contribution in [1.29, 1.82) is 0 Å². The van der Waals surface area contributed by atoms with Crippen molar-refractivity contribution in [2.45, 2.75) is 58.0 Å². The van der Waals surface area contributed by atoms with Crippen molar-refractivity contribution >= 4 is 0 Å². The van der Waals surface area contributed by atoms with Crippen LogP contribution in [0.3, 0.4) is 0 Å². The zero-order chi connectivity index (χ0) is 19.1. The van der Waals surface area contributed by atoms with E-state index in [-0.39, 0.29) is 12.7 Å². The van der Waals surface area contributed by atoms with Crippen LogP contribution in [0.15, 0.2) is 12.1 Å². The Morgan fingerprint density at radius 3 is 2.54 bits per heavy atom. The Balaban J connectivity index is 2.04. The van der Waals surface area contributed by atoms with Gasteiger partial charge in [-0.05, 0) is 36.6 Å². The van der Waals surface area contributed by atoms with Gasteiger partial charge >= 0.3 is 0 Å². The zero-order valence-electron chi connectivity index (χ0n) is 16.2. The Kier molecular flexibility index (Phi) is 5.23. The van der Waals surface area contributed by atoms with E-state index in [9.17, 15) is 10.2 Å². The van der Waals surface area contributed by atoms with Gasteiger partial charge in [0.25, 0.3) is 0 Å². The lowest BCUT2D eigenvalue weighted by Gasteiger charge is -2.56. The van der Waals surface area contributed by atoms with E-state index in [1.807, 2.05) is 26.8 Å². The van der Waals surface area contributed by atoms with E-state index in [1.54, 1.807) is 14.2 Å². The molecule has 6 heteroatoms. The van der Waals surface area contributed by atoms with Crippen LogP contribution < -0.4 is 9.47 Å². The second-order valence-corrected chi connectivity index (χ2v) is 8.28. The van der Waals surface area contributed by atoms with Crippen molar-refractivity contribution in [3.05, 3.63) is 23.3 Å². The van der Waals surface area contributed by atoms with Crippen molar-refractivity contribution in [1.82, 2.24) is 0 Å². The predicted octanol–water partition coefficient (Wildman–Crippen LogP) is 2.28. The van der Waals surface area contributed by atoms with Gasteiger partial charge in [0, 0.05) is 32.0 Å². The lowest BCUT2D eigenvalue weighted by atomic mass is 9.57. The van der Waals surface area contributed by atoms with E-state index in [1.165, 1.54) is 0 Å². The van der Waals surface area contributed by atoms with E-state index in [4.69, 9.17) is 18.9 Å². The predicted molar refractivity (Wildman–Crippen MR) is 96.3 cm³/mol. The van der Waals surface area contributed by atoms with Crippen LogP contribution in [-0.2, 0) is 22.5 Å². The number of aliphatic hydroxyl groups excluding tert-OH is 2. The zero-order valence-corrected chi connectivity index (χ0v) is 16.2. The Morgan fingerprint density at radius 2 is 1.88 bits per heavy atom. The van der Waals surface area contributed by atoms with Gasteiger partial charge in [-0.3, -0.25) is 0 Å². The van der Waals surface area contributed by atoms with Crippen LogP contribution >= 0.6 is 0 Å². The minimum Gasteiger partial charge on any atom is -0.483 e. The molecule has 0 unspecified atom stereocenters. The van der Waals surface area contributed by atoms with E-state index in [0.717, 1.165) is 17.5 Å². The van der Waals surface area contributed by atoms with Crippen molar-refractivity contribution in [2.24, 2.45) is 11.3 Å². The second-order valence-electron chi connectivity index (χ2n) is 8.28. The fourth-order valence-electron chi connectivity index (χ4n) is 4.67. The molecule has 2 aliphatic rings. The first-order chi connectivity index (χ1) is 12.2. The van der Waals surface area contributed by atoms with E-state index >= 15 is 0 Å². The summed E-state index contributed by atoms with van der Waals surface area (Å²) < 4.78 is 22.5. The smallest absolute Gasteiger partial charge is 0.188 e. The summed E-state index contributed by atoms with van der Waals surface area (Å²) in [4.78, 5) is 0. The molecule has 0 amide bonds. The molecule has 0 aromatic heterocycles. The van der Waals surface area contributed by atoms with E-state index < -0.39 is 23.2 Å². The number of aliphatic hydroxyl groups is 2. The summed E-state index contributed by atoms with van der Waals surface area (Å²) in [6.07, 6.45) is -0.476. The number of methoxy groups -OCH3 is 2. The highest BCUT2D eigenvalue weighted by Crippen LogP contribution is 2.55. The van der Waals surface area contributed by atoms with Gasteiger partial charge in [0.15, 0.2) is 18.3 Å². The Hall–Kier alpha value is -1.34. The molecule has 1 heterocycles. The van der Waals surface area contributed by atoms with Gasteiger partial charge in [-0.25, -0.2) is 0 Å². The summed E-state index contributed by atoms with van der Waals surface area (Å²) in [5, 5.41) is 20.9. The maximum Gasteiger partial charge on any atom is 0.188 e. The number of hydrogen-bond acceptors (Lipinski definition) is 6. The molecule has 6 nitrogen and oxygen atoms in total. The third kappa shape index (κ3) is 3.20. The molecule has 146 valence electrons. The average molecular weight is 366 g/mol. The minimum atomic E-state index is -0.816. The molecular formula is C20H30O6. The van der Waals surface area contributed by atoms with Gasteiger partial charge < -0.3 is 29.2 Å². The molecule has 3 rings (SSSR count). The molecule has 26 heavy (non-hydrogen) atoms. The molecule has 1 saturated carbocycles. The van der Waals surface area contributed by atoms with Crippen molar-refractivity contribution < 1.29 is 29.2 Å². The maximum absolute atomic E-state index is 10.5. The third-order valence-electron chi connectivity index (χ3n) is 5.97. The highest BCUT2D eigenvalue weighted by molar-refractivity contribution is 5.52. The standard InChI is InChI=1S/C20H30O6/c1-19(2)16-8-13-6-12(10-23-4)7-15(25-11-24-5)17(13)26-20(16,3)9-14(21)18(19)22/h6-7,14,16,18,21-22H,8-11H2,1-5H3/t14-,16-,18-,20-/m1/s1. The molecule has 1 aliphatic heterocycles. The van der Waals surface area contributed by atoms with Crippen LogP contribution in [-0.4, -0.2) is 49.0 Å². The summed E-state index contributed by atoms with van der Waals surface area (Å²) in [7, 11) is 3.23. The molecular weight excluding hydrogens is 336 g/mol.